The summed E-state index contributed by atoms with van der Waals surface area (Å²) in [5.74, 6) is -0.997. The largest absolute Gasteiger partial charge is 0.503 e. The molecule has 0 spiro atoms. The van der Waals surface area contributed by atoms with Gasteiger partial charge in [0.2, 0.25) is 5.78 Å². The van der Waals surface area contributed by atoms with Crippen molar-refractivity contribution >= 4 is 39.9 Å². The summed E-state index contributed by atoms with van der Waals surface area (Å²) in [5.41, 5.74) is 2.35. The number of methoxy groups -OCH3 is 2. The lowest BCUT2D eigenvalue weighted by atomic mass is 9.94. The molecule has 8 heteroatoms. The van der Waals surface area contributed by atoms with Crippen LogP contribution >= 0.6 is 11.6 Å². The number of ether oxygens (including phenoxy) is 2. The molecule has 0 radical (unpaired) electrons. The highest BCUT2D eigenvalue weighted by molar-refractivity contribution is 6.31. The zero-order chi connectivity index (χ0) is 25.6. The van der Waals surface area contributed by atoms with E-state index in [4.69, 9.17) is 25.5 Å². The van der Waals surface area contributed by atoms with Gasteiger partial charge in [-0.2, -0.15) is 0 Å². The maximum Gasteiger partial charge on any atom is 0.294 e. The molecule has 0 saturated heterocycles. The lowest BCUT2D eigenvalue weighted by Crippen LogP contribution is -2.31. The van der Waals surface area contributed by atoms with Gasteiger partial charge in [0.1, 0.15) is 5.75 Å². The number of aliphatic hydroxyl groups excluding tert-OH is 1. The summed E-state index contributed by atoms with van der Waals surface area (Å²) < 4.78 is 16.5. The molecular formula is C28H22ClNO6. The van der Waals surface area contributed by atoms with E-state index in [0.29, 0.717) is 38.7 Å². The van der Waals surface area contributed by atoms with Gasteiger partial charge in [-0.1, -0.05) is 35.9 Å². The molecular weight excluding hydrogens is 482 g/mol. The summed E-state index contributed by atoms with van der Waals surface area (Å²) in [6, 6.07) is 18.1. The van der Waals surface area contributed by atoms with E-state index < -0.39 is 23.5 Å². The van der Waals surface area contributed by atoms with E-state index >= 15 is 0 Å². The maximum atomic E-state index is 13.8. The minimum atomic E-state index is -0.892. The maximum absolute atomic E-state index is 13.8. The van der Waals surface area contributed by atoms with E-state index in [1.54, 1.807) is 49.6 Å². The summed E-state index contributed by atoms with van der Waals surface area (Å²) in [7, 11) is 3.02. The number of ketones is 1. The summed E-state index contributed by atoms with van der Waals surface area (Å²) in [6.07, 6.45) is 0. The number of halogens is 1. The van der Waals surface area contributed by atoms with Gasteiger partial charge in [0, 0.05) is 22.2 Å². The van der Waals surface area contributed by atoms with Gasteiger partial charge < -0.3 is 19.0 Å². The molecule has 0 saturated carbocycles. The van der Waals surface area contributed by atoms with Gasteiger partial charge in [0.05, 0.1) is 25.8 Å². The number of fused-ring (bicyclic) bond motifs is 1. The van der Waals surface area contributed by atoms with Crippen LogP contribution in [0.4, 0.5) is 5.69 Å². The summed E-state index contributed by atoms with van der Waals surface area (Å²) >= 11 is 6.17. The number of Topliss-reactive ketones (excluding diaryl/α,β-unsaturated/α-hetero) is 1. The normalized spacial score (nSPS) is 15.6. The molecule has 5 rings (SSSR count). The van der Waals surface area contributed by atoms with Crippen LogP contribution in [0.5, 0.6) is 11.5 Å². The van der Waals surface area contributed by atoms with Crippen molar-refractivity contribution in [2.75, 3.05) is 19.1 Å². The molecule has 0 bridgehead atoms. The number of amides is 1. The molecule has 7 nitrogen and oxygen atoms in total. The Morgan fingerprint density at radius 2 is 1.78 bits per heavy atom. The lowest BCUT2D eigenvalue weighted by molar-refractivity contribution is -0.117. The van der Waals surface area contributed by atoms with Crippen LogP contribution in [-0.4, -0.2) is 31.0 Å². The molecule has 2 heterocycles. The SMILES string of the molecule is COc1ccc(C2C(C(=O)c3cc4cc(Cl)cc(OC)c4o3)=C(O)C(=O)N2c2cccc(C)c2)cc1. The summed E-state index contributed by atoms with van der Waals surface area (Å²) in [5, 5.41) is 12.0. The first-order valence-electron chi connectivity index (χ1n) is 11.1. The Kier molecular flexibility index (Phi) is 5.94. The third kappa shape index (κ3) is 3.87. The molecule has 1 unspecified atom stereocenters. The molecule has 1 amide bonds. The molecule has 4 aromatic rings. The van der Waals surface area contributed by atoms with Crippen LogP contribution in [0.2, 0.25) is 5.02 Å². The van der Waals surface area contributed by atoms with Gasteiger partial charge in [-0.15, -0.1) is 0 Å². The summed E-state index contributed by atoms with van der Waals surface area (Å²) in [6.45, 7) is 1.90. The van der Waals surface area contributed by atoms with Gasteiger partial charge in [-0.25, -0.2) is 0 Å². The van der Waals surface area contributed by atoms with Crippen LogP contribution in [0.25, 0.3) is 11.0 Å². The second-order valence-electron chi connectivity index (χ2n) is 8.42. The van der Waals surface area contributed by atoms with Crippen molar-refractivity contribution in [3.8, 4) is 11.5 Å². The number of hydrogen-bond acceptors (Lipinski definition) is 6. The van der Waals surface area contributed by atoms with E-state index in [1.165, 1.54) is 18.1 Å². The van der Waals surface area contributed by atoms with E-state index in [0.717, 1.165) is 5.56 Å². The Bertz CT molecular complexity index is 1540. The van der Waals surface area contributed by atoms with E-state index in [1.807, 2.05) is 25.1 Å². The van der Waals surface area contributed by atoms with Crippen LogP contribution in [0.1, 0.15) is 27.7 Å². The average molecular weight is 504 g/mol. The topological polar surface area (TPSA) is 89.2 Å². The van der Waals surface area contributed by atoms with E-state index in [-0.39, 0.29) is 11.3 Å². The second-order valence-corrected chi connectivity index (χ2v) is 8.85. The summed E-state index contributed by atoms with van der Waals surface area (Å²) in [4.78, 5) is 28.6. The molecule has 0 fully saturated rings. The van der Waals surface area contributed by atoms with E-state index in [2.05, 4.69) is 0 Å². The van der Waals surface area contributed by atoms with Crippen molar-refractivity contribution in [3.05, 3.63) is 100.0 Å². The van der Waals surface area contributed by atoms with Crippen LogP contribution in [0, 0.1) is 6.92 Å². The highest BCUT2D eigenvalue weighted by Gasteiger charge is 2.45. The molecule has 36 heavy (non-hydrogen) atoms. The highest BCUT2D eigenvalue weighted by Crippen LogP contribution is 2.43. The number of nitrogens with zero attached hydrogens (tertiary/aromatic N) is 1. The van der Waals surface area contributed by atoms with Crippen LogP contribution in [0.15, 0.2) is 82.5 Å². The van der Waals surface area contributed by atoms with Crippen LogP contribution < -0.4 is 14.4 Å². The fourth-order valence-electron chi connectivity index (χ4n) is 4.47. The number of furan rings is 1. The fourth-order valence-corrected chi connectivity index (χ4v) is 4.68. The second kappa shape index (κ2) is 9.09. The van der Waals surface area contributed by atoms with Crippen molar-refractivity contribution in [1.29, 1.82) is 0 Å². The van der Waals surface area contributed by atoms with Crippen molar-refractivity contribution in [2.45, 2.75) is 13.0 Å². The molecule has 1 N–H and O–H groups in total. The van der Waals surface area contributed by atoms with Crippen molar-refractivity contribution in [3.63, 3.8) is 0 Å². The molecule has 1 aromatic heterocycles. The van der Waals surface area contributed by atoms with E-state index in [9.17, 15) is 14.7 Å². The molecule has 1 aliphatic heterocycles. The Morgan fingerprint density at radius 1 is 1.03 bits per heavy atom. The number of aliphatic hydroxyl groups is 1. The van der Waals surface area contributed by atoms with Gasteiger partial charge >= 0.3 is 0 Å². The first-order valence-corrected chi connectivity index (χ1v) is 11.5. The van der Waals surface area contributed by atoms with Crippen molar-refractivity contribution in [2.24, 2.45) is 0 Å². The third-order valence-corrected chi connectivity index (χ3v) is 6.37. The number of aryl methyl sites for hydroxylation is 1. The molecule has 182 valence electrons. The lowest BCUT2D eigenvalue weighted by Gasteiger charge is -2.27. The first kappa shape index (κ1) is 23.5. The van der Waals surface area contributed by atoms with Gasteiger partial charge in [-0.3, -0.25) is 14.5 Å². The number of anilines is 1. The predicted molar refractivity (Wildman–Crippen MR) is 136 cm³/mol. The number of carbonyl (C=O) groups excluding carboxylic acids is 2. The monoisotopic (exact) mass is 503 g/mol. The Balaban J connectivity index is 1.66. The highest BCUT2D eigenvalue weighted by atomic mass is 35.5. The number of carbonyl (C=O) groups is 2. The fraction of sp³-hybridized carbons (Fsp3) is 0.143. The zero-order valence-corrected chi connectivity index (χ0v) is 20.5. The number of benzene rings is 3. The van der Waals surface area contributed by atoms with Crippen molar-refractivity contribution < 1.29 is 28.6 Å². The quantitative estimate of drug-likeness (QED) is 0.315. The van der Waals surface area contributed by atoms with Crippen LogP contribution in [0.3, 0.4) is 0 Å². The minimum Gasteiger partial charge on any atom is -0.503 e. The van der Waals surface area contributed by atoms with Crippen LogP contribution in [-0.2, 0) is 4.79 Å². The smallest absolute Gasteiger partial charge is 0.294 e. The van der Waals surface area contributed by atoms with Crippen molar-refractivity contribution in [1.82, 2.24) is 0 Å². The first-order chi connectivity index (χ1) is 17.3. The Hall–Kier alpha value is -4.23. The average Bonchev–Trinajstić information content (AvgIpc) is 3.42. The van der Waals surface area contributed by atoms with Gasteiger partial charge in [0.25, 0.3) is 5.91 Å². The van der Waals surface area contributed by atoms with Gasteiger partial charge in [-0.05, 0) is 54.4 Å². The predicted octanol–water partition coefficient (Wildman–Crippen LogP) is 6.19. The number of hydrogen-bond donors (Lipinski definition) is 1. The standard InChI is InChI=1S/C28H22ClNO6/c1-15-5-4-6-19(11-15)30-24(16-7-9-20(34-2)10-8-16)23(26(32)28(30)33)25(31)21-13-17-12-18(29)14-22(35-3)27(17)36-21/h4-14,24,32H,1-3H3. The zero-order valence-electron chi connectivity index (χ0n) is 19.7. The molecule has 3 aromatic carbocycles. The Morgan fingerprint density at radius 3 is 2.44 bits per heavy atom. The number of rotatable bonds is 6. The third-order valence-electron chi connectivity index (χ3n) is 6.15. The Labute approximate surface area is 212 Å². The molecule has 1 atom stereocenters. The molecule has 1 aliphatic rings. The minimum absolute atomic E-state index is 0.0514. The van der Waals surface area contributed by atoms with Gasteiger partial charge in [0.15, 0.2) is 22.9 Å². The molecule has 0 aliphatic carbocycles.